The highest BCUT2D eigenvalue weighted by Crippen LogP contribution is 2.37. The summed E-state index contributed by atoms with van der Waals surface area (Å²) in [6.45, 7) is 5.78. The Hall–Kier alpha value is -2.01. The van der Waals surface area contributed by atoms with Gasteiger partial charge in [0.1, 0.15) is 0 Å². The zero-order valence-electron chi connectivity index (χ0n) is 13.2. The van der Waals surface area contributed by atoms with Gasteiger partial charge in [0.05, 0.1) is 19.2 Å². The Morgan fingerprint density at radius 3 is 2.41 bits per heavy atom. The third kappa shape index (κ3) is 3.25. The van der Waals surface area contributed by atoms with Crippen molar-refractivity contribution in [2.24, 2.45) is 10.4 Å². The lowest BCUT2D eigenvalue weighted by molar-refractivity contribution is -0.130. The van der Waals surface area contributed by atoms with E-state index in [2.05, 4.69) is 4.99 Å². The maximum Gasteiger partial charge on any atom is 0.363 e. The molecule has 1 aliphatic rings. The summed E-state index contributed by atoms with van der Waals surface area (Å²) in [7, 11) is 3.03. The number of nitrogens with zero attached hydrogens (tertiary/aromatic N) is 1. The molecule has 0 spiro atoms. The minimum atomic E-state index is -0.476. The molecule has 2 rings (SSSR count). The summed E-state index contributed by atoms with van der Waals surface area (Å²) >= 11 is 6.15. The fourth-order valence-corrected chi connectivity index (χ4v) is 2.21. The SMILES string of the molecule is COc1cc(C=C2N=C(C(C)(C)C)OC2=O)cc(Cl)c1OC. The maximum atomic E-state index is 11.9. The van der Waals surface area contributed by atoms with Crippen LogP contribution in [0.25, 0.3) is 6.08 Å². The number of halogens is 1. The molecule has 1 aliphatic heterocycles. The number of cyclic esters (lactones) is 1. The van der Waals surface area contributed by atoms with E-state index < -0.39 is 5.97 Å². The van der Waals surface area contributed by atoms with Gasteiger partial charge < -0.3 is 14.2 Å². The number of benzene rings is 1. The van der Waals surface area contributed by atoms with Gasteiger partial charge in [0, 0.05) is 5.41 Å². The molecular formula is C16H18ClNO4. The van der Waals surface area contributed by atoms with Gasteiger partial charge in [-0.25, -0.2) is 9.79 Å². The number of ether oxygens (including phenoxy) is 3. The van der Waals surface area contributed by atoms with Crippen molar-refractivity contribution in [3.63, 3.8) is 0 Å². The van der Waals surface area contributed by atoms with Gasteiger partial charge in [-0.2, -0.15) is 0 Å². The summed E-state index contributed by atoms with van der Waals surface area (Å²) in [4.78, 5) is 16.2. The number of aliphatic imine (C=N–C) groups is 1. The zero-order chi connectivity index (χ0) is 16.5. The van der Waals surface area contributed by atoms with Gasteiger partial charge in [0.2, 0.25) is 5.90 Å². The molecule has 0 fully saturated rings. The van der Waals surface area contributed by atoms with E-state index in [1.165, 1.54) is 14.2 Å². The number of hydrogen-bond donors (Lipinski definition) is 0. The largest absolute Gasteiger partial charge is 0.493 e. The normalized spacial score (nSPS) is 16.5. The second kappa shape index (κ2) is 6.01. The molecule has 1 aromatic rings. The standard InChI is InChI=1S/C16H18ClNO4/c1-16(2,3)15-18-11(14(19)22-15)7-9-6-10(17)13(21-5)12(8-9)20-4/h6-8H,1-5H3. The zero-order valence-corrected chi connectivity index (χ0v) is 13.9. The van der Waals surface area contributed by atoms with Crippen molar-refractivity contribution < 1.29 is 19.0 Å². The number of methoxy groups -OCH3 is 2. The number of hydrogen-bond acceptors (Lipinski definition) is 5. The van der Waals surface area contributed by atoms with E-state index in [9.17, 15) is 4.79 Å². The lowest BCUT2D eigenvalue weighted by Gasteiger charge is -2.15. The van der Waals surface area contributed by atoms with Crippen LogP contribution in [0.5, 0.6) is 11.5 Å². The van der Waals surface area contributed by atoms with E-state index >= 15 is 0 Å². The molecule has 0 saturated heterocycles. The van der Waals surface area contributed by atoms with Gasteiger partial charge in [-0.15, -0.1) is 0 Å². The number of carbonyl (C=O) groups is 1. The molecule has 1 heterocycles. The first-order valence-corrected chi connectivity index (χ1v) is 7.08. The molecule has 0 atom stereocenters. The molecule has 0 bridgehead atoms. The predicted octanol–water partition coefficient (Wildman–Crippen LogP) is 3.70. The van der Waals surface area contributed by atoms with Crippen LogP contribution < -0.4 is 9.47 Å². The first kappa shape index (κ1) is 16.4. The number of esters is 1. The second-order valence-electron chi connectivity index (χ2n) is 5.82. The van der Waals surface area contributed by atoms with Crippen molar-refractivity contribution >= 4 is 29.5 Å². The van der Waals surface area contributed by atoms with Crippen molar-refractivity contribution in [1.29, 1.82) is 0 Å². The summed E-state index contributed by atoms with van der Waals surface area (Å²) in [5, 5.41) is 0.389. The van der Waals surface area contributed by atoms with Crippen LogP contribution in [0.2, 0.25) is 5.02 Å². The van der Waals surface area contributed by atoms with Crippen molar-refractivity contribution in [1.82, 2.24) is 0 Å². The van der Waals surface area contributed by atoms with Crippen LogP contribution >= 0.6 is 11.6 Å². The van der Waals surface area contributed by atoms with Gasteiger partial charge in [-0.3, -0.25) is 0 Å². The molecule has 5 nitrogen and oxygen atoms in total. The summed E-state index contributed by atoms with van der Waals surface area (Å²) < 4.78 is 15.6. The molecule has 22 heavy (non-hydrogen) atoms. The highest BCUT2D eigenvalue weighted by molar-refractivity contribution is 6.32. The van der Waals surface area contributed by atoms with Crippen LogP contribution in [0.4, 0.5) is 0 Å². The van der Waals surface area contributed by atoms with Gasteiger partial charge in [0.15, 0.2) is 17.2 Å². The average molecular weight is 324 g/mol. The lowest BCUT2D eigenvalue weighted by atomic mass is 9.97. The molecule has 0 saturated carbocycles. The Morgan fingerprint density at radius 1 is 1.23 bits per heavy atom. The van der Waals surface area contributed by atoms with Crippen molar-refractivity contribution in [3.05, 3.63) is 28.4 Å². The Bertz CT molecular complexity index is 671. The Kier molecular flexibility index (Phi) is 4.47. The summed E-state index contributed by atoms with van der Waals surface area (Å²) in [6.07, 6.45) is 1.61. The molecule has 0 aromatic heterocycles. The van der Waals surface area contributed by atoms with Crippen LogP contribution in [0.3, 0.4) is 0 Å². The fraction of sp³-hybridized carbons (Fsp3) is 0.375. The van der Waals surface area contributed by atoms with Crippen molar-refractivity contribution in [2.45, 2.75) is 20.8 Å². The highest BCUT2D eigenvalue weighted by atomic mass is 35.5. The molecule has 118 valence electrons. The van der Waals surface area contributed by atoms with Crippen molar-refractivity contribution in [2.75, 3.05) is 14.2 Å². The second-order valence-corrected chi connectivity index (χ2v) is 6.23. The van der Waals surface area contributed by atoms with Crippen LogP contribution in [0.15, 0.2) is 22.8 Å². The van der Waals surface area contributed by atoms with E-state index in [1.807, 2.05) is 20.8 Å². The number of rotatable bonds is 3. The Balaban J connectivity index is 2.44. The highest BCUT2D eigenvalue weighted by Gasteiger charge is 2.31. The minimum Gasteiger partial charge on any atom is -0.493 e. The third-order valence-electron chi connectivity index (χ3n) is 3.02. The monoisotopic (exact) mass is 323 g/mol. The van der Waals surface area contributed by atoms with Crippen LogP contribution in [-0.4, -0.2) is 26.1 Å². The van der Waals surface area contributed by atoms with E-state index in [4.69, 9.17) is 25.8 Å². The summed E-state index contributed by atoms with van der Waals surface area (Å²) in [5.41, 5.74) is 0.572. The van der Waals surface area contributed by atoms with Crippen LogP contribution in [-0.2, 0) is 9.53 Å². The first-order valence-electron chi connectivity index (χ1n) is 6.71. The van der Waals surface area contributed by atoms with Crippen LogP contribution in [0, 0.1) is 5.41 Å². The summed E-state index contributed by atoms with van der Waals surface area (Å²) in [6, 6.07) is 3.39. The molecule has 0 unspecified atom stereocenters. The predicted molar refractivity (Wildman–Crippen MR) is 85.5 cm³/mol. The van der Waals surface area contributed by atoms with Gasteiger partial charge in [-0.05, 0) is 23.8 Å². The van der Waals surface area contributed by atoms with Gasteiger partial charge in [-0.1, -0.05) is 32.4 Å². The average Bonchev–Trinajstić information content (AvgIpc) is 2.79. The maximum absolute atomic E-state index is 11.9. The van der Waals surface area contributed by atoms with E-state index in [-0.39, 0.29) is 11.1 Å². The van der Waals surface area contributed by atoms with E-state index in [0.717, 1.165) is 0 Å². The van der Waals surface area contributed by atoms with Gasteiger partial charge in [0.25, 0.3) is 0 Å². The molecular weight excluding hydrogens is 306 g/mol. The van der Waals surface area contributed by atoms with E-state index in [1.54, 1.807) is 18.2 Å². The molecule has 6 heteroatoms. The molecule has 0 radical (unpaired) electrons. The van der Waals surface area contributed by atoms with Gasteiger partial charge >= 0.3 is 5.97 Å². The Labute approximate surface area is 134 Å². The quantitative estimate of drug-likeness (QED) is 0.628. The summed E-state index contributed by atoms with van der Waals surface area (Å²) in [5.74, 6) is 0.846. The van der Waals surface area contributed by atoms with Crippen LogP contribution in [0.1, 0.15) is 26.3 Å². The van der Waals surface area contributed by atoms with Crippen molar-refractivity contribution in [3.8, 4) is 11.5 Å². The lowest BCUT2D eigenvalue weighted by Crippen LogP contribution is -2.21. The topological polar surface area (TPSA) is 57.1 Å². The smallest absolute Gasteiger partial charge is 0.363 e. The minimum absolute atomic E-state index is 0.230. The first-order chi connectivity index (χ1) is 10.3. The molecule has 1 aromatic carbocycles. The molecule has 0 N–H and O–H groups in total. The van der Waals surface area contributed by atoms with E-state index in [0.29, 0.717) is 28.0 Å². The molecule has 0 aliphatic carbocycles. The number of carbonyl (C=O) groups excluding carboxylic acids is 1. The third-order valence-corrected chi connectivity index (χ3v) is 3.30. The Morgan fingerprint density at radius 2 is 1.91 bits per heavy atom. The fourth-order valence-electron chi connectivity index (χ4n) is 1.91. The molecule has 0 amide bonds.